The number of fused-ring (bicyclic) bond motifs is 1. The number of rotatable bonds is 12. The third-order valence-corrected chi connectivity index (χ3v) is 7.90. The third-order valence-electron chi connectivity index (χ3n) is 6.78. The summed E-state index contributed by atoms with van der Waals surface area (Å²) in [5.41, 5.74) is 4.25. The second kappa shape index (κ2) is 12.6. The van der Waals surface area contributed by atoms with E-state index >= 15 is 4.39 Å². The van der Waals surface area contributed by atoms with Gasteiger partial charge in [-0.05, 0) is 44.4 Å². The minimum Gasteiger partial charge on any atom is -0.468 e. The number of hydroxylamine groups is 1. The van der Waals surface area contributed by atoms with Gasteiger partial charge in [0, 0.05) is 13.1 Å². The maximum Gasteiger partial charge on any atom is 0.653 e. The number of imidazole rings is 1. The van der Waals surface area contributed by atoms with E-state index in [4.69, 9.17) is 24.6 Å². The summed E-state index contributed by atoms with van der Waals surface area (Å²) in [6.07, 6.45) is -2.97. The van der Waals surface area contributed by atoms with E-state index in [1.165, 1.54) is 31.9 Å². The van der Waals surface area contributed by atoms with Crippen molar-refractivity contribution in [2.45, 2.75) is 57.8 Å². The Bertz CT molecular complexity index is 1380. The van der Waals surface area contributed by atoms with Crippen LogP contribution in [0, 0.1) is 0 Å². The smallest absolute Gasteiger partial charge is 0.468 e. The molecule has 0 amide bonds. The number of carbonyl (C=O) groups excluding carboxylic acids is 1. The molecule has 0 saturated carbocycles. The summed E-state index contributed by atoms with van der Waals surface area (Å²) >= 11 is 0. The molecule has 1 aromatic carbocycles. The van der Waals surface area contributed by atoms with Gasteiger partial charge in [-0.25, -0.2) is 9.37 Å². The zero-order valence-electron chi connectivity index (χ0n) is 23.4. The van der Waals surface area contributed by atoms with Gasteiger partial charge in [-0.1, -0.05) is 18.2 Å². The van der Waals surface area contributed by atoms with Crippen molar-refractivity contribution in [3.05, 3.63) is 36.7 Å². The van der Waals surface area contributed by atoms with Gasteiger partial charge in [0.15, 0.2) is 40.7 Å². The Kier molecular flexibility index (Phi) is 9.34. The number of nitrogen functional groups attached to an aromatic ring is 1. The molecule has 2 aromatic heterocycles. The average Bonchev–Trinajstić information content (AvgIpc) is 3.47. The zero-order chi connectivity index (χ0) is 29.9. The topological polar surface area (TPSA) is 167 Å². The molecular formula is C25H34FN7O7P+. The van der Waals surface area contributed by atoms with Crippen LogP contribution < -0.4 is 15.5 Å². The second-order valence-corrected chi connectivity index (χ2v) is 10.6. The molecule has 1 aliphatic heterocycles. The predicted molar refractivity (Wildman–Crippen MR) is 147 cm³/mol. The molecule has 222 valence electrons. The molecule has 1 aliphatic rings. The van der Waals surface area contributed by atoms with Crippen LogP contribution in [0.5, 0.6) is 5.75 Å². The molecule has 3 heterocycles. The van der Waals surface area contributed by atoms with Gasteiger partial charge in [0.05, 0.1) is 13.4 Å². The summed E-state index contributed by atoms with van der Waals surface area (Å²) < 4.78 is 46.6. The number of esters is 1. The number of aliphatic hydroxyl groups is 1. The lowest BCUT2D eigenvalue weighted by Gasteiger charge is -2.25. The molecule has 6 atom stereocenters. The van der Waals surface area contributed by atoms with E-state index in [0.29, 0.717) is 30.2 Å². The minimum absolute atomic E-state index is 0.0321. The Labute approximate surface area is 237 Å². The van der Waals surface area contributed by atoms with E-state index in [2.05, 4.69) is 15.0 Å². The van der Waals surface area contributed by atoms with Crippen LogP contribution in [0.25, 0.3) is 11.2 Å². The Morgan fingerprint density at radius 1 is 1.29 bits per heavy atom. The highest BCUT2D eigenvalue weighted by molar-refractivity contribution is 7.36. The first-order valence-electron chi connectivity index (χ1n) is 13.0. The Balaban J connectivity index is 1.55. The first-order chi connectivity index (χ1) is 19.5. The third kappa shape index (κ3) is 6.09. The van der Waals surface area contributed by atoms with Crippen LogP contribution in [0.1, 0.15) is 33.9 Å². The van der Waals surface area contributed by atoms with Crippen LogP contribution in [-0.4, -0.2) is 86.2 Å². The largest absolute Gasteiger partial charge is 0.653 e. The number of hydrogen-bond acceptors (Lipinski definition) is 12. The van der Waals surface area contributed by atoms with Crippen molar-refractivity contribution in [2.75, 3.05) is 37.4 Å². The molecule has 14 nitrogen and oxygen atoms in total. The van der Waals surface area contributed by atoms with Crippen LogP contribution in [-0.2, 0) is 23.4 Å². The van der Waals surface area contributed by atoms with Crippen molar-refractivity contribution in [1.82, 2.24) is 24.4 Å². The van der Waals surface area contributed by atoms with Gasteiger partial charge in [0.1, 0.15) is 23.6 Å². The molecule has 0 bridgehead atoms. The van der Waals surface area contributed by atoms with Gasteiger partial charge in [0.25, 0.3) is 0 Å². The zero-order valence-corrected chi connectivity index (χ0v) is 24.3. The van der Waals surface area contributed by atoms with Crippen LogP contribution in [0.2, 0.25) is 0 Å². The number of anilines is 2. The number of aromatic nitrogens is 4. The van der Waals surface area contributed by atoms with E-state index < -0.39 is 50.9 Å². The van der Waals surface area contributed by atoms with E-state index in [1.54, 1.807) is 30.3 Å². The number of nitrogens with two attached hydrogens (primary N) is 1. The summed E-state index contributed by atoms with van der Waals surface area (Å²) in [4.78, 5) is 33.5. The average molecular weight is 595 g/mol. The number of halogens is 1. The van der Waals surface area contributed by atoms with Gasteiger partial charge in [0.2, 0.25) is 5.95 Å². The fourth-order valence-corrected chi connectivity index (χ4v) is 5.41. The molecule has 2 unspecified atom stereocenters. The van der Waals surface area contributed by atoms with E-state index in [0.717, 1.165) is 4.83 Å². The summed E-state index contributed by atoms with van der Waals surface area (Å²) in [5, 5.41) is 10.9. The van der Waals surface area contributed by atoms with Crippen LogP contribution >= 0.6 is 8.18 Å². The number of aliphatic hydroxyl groups excluding tert-OH is 1. The maximum absolute atomic E-state index is 16.0. The highest BCUT2D eigenvalue weighted by Crippen LogP contribution is 2.44. The van der Waals surface area contributed by atoms with E-state index in [-0.39, 0.29) is 11.6 Å². The van der Waals surface area contributed by atoms with Crippen LogP contribution in [0.3, 0.4) is 0 Å². The second-order valence-electron chi connectivity index (χ2n) is 9.46. The lowest BCUT2D eigenvalue weighted by molar-refractivity contribution is -0.152. The molecule has 3 aromatic rings. The van der Waals surface area contributed by atoms with E-state index in [1.807, 2.05) is 18.7 Å². The van der Waals surface area contributed by atoms with Gasteiger partial charge in [-0.2, -0.15) is 9.97 Å². The maximum atomic E-state index is 16.0. The highest BCUT2D eigenvalue weighted by atomic mass is 31.1. The molecule has 1 saturated heterocycles. The van der Waals surface area contributed by atoms with Gasteiger partial charge in [-0.3, -0.25) is 9.36 Å². The first kappa shape index (κ1) is 30.5. The van der Waals surface area contributed by atoms with Crippen molar-refractivity contribution in [1.29, 1.82) is 0 Å². The molecule has 4 rings (SSSR count). The minimum atomic E-state index is -2.83. The molecule has 0 spiro atoms. The number of nitrogens with zero attached hydrogens (tertiary/aromatic N) is 6. The lowest BCUT2D eigenvalue weighted by atomic mass is 9.98. The van der Waals surface area contributed by atoms with Crippen molar-refractivity contribution < 1.29 is 37.7 Å². The van der Waals surface area contributed by atoms with E-state index in [9.17, 15) is 14.5 Å². The number of carbonyl (C=O) groups is 1. The van der Waals surface area contributed by atoms with Crippen molar-refractivity contribution in [2.24, 2.45) is 0 Å². The van der Waals surface area contributed by atoms with Gasteiger partial charge in [-0.15, -0.1) is 4.52 Å². The molecule has 3 N–H and O–H groups in total. The quantitative estimate of drug-likeness (QED) is 0.179. The fourth-order valence-electron chi connectivity index (χ4n) is 4.48. The first-order valence-corrected chi connectivity index (χ1v) is 14.1. The Morgan fingerprint density at radius 3 is 2.61 bits per heavy atom. The standard InChI is InChI=1S/C25H34FN7O7P/c1-6-31(7-2)20-18-21(30-24(27)29-20)32(14-28-18)23-25(4,26)19(34)17(39-23)13-38-41(36)33(15(3)22(35)37-5)40-16-11-9-8-10-12-16/h8-12,14-15,17,19,23,34H,6-7,13H2,1-5H3,(H2,27,29,30)/q+1/t15?,17-,19-,23-,25-/m1/s1. The van der Waals surface area contributed by atoms with Crippen molar-refractivity contribution >= 4 is 37.1 Å². The molecule has 16 heteroatoms. The molecule has 1 fully saturated rings. The molecule has 0 radical (unpaired) electrons. The fraction of sp³-hybridized carbons (Fsp3) is 0.520. The number of alkyl halides is 1. The normalized spacial score (nSPS) is 23.5. The molecule has 0 aliphatic carbocycles. The number of ether oxygens (including phenoxy) is 2. The molecule has 41 heavy (non-hydrogen) atoms. The number of benzene rings is 1. The van der Waals surface area contributed by atoms with Crippen molar-refractivity contribution in [3.8, 4) is 5.75 Å². The summed E-state index contributed by atoms with van der Waals surface area (Å²) in [7, 11) is -1.65. The lowest BCUT2D eigenvalue weighted by Crippen LogP contribution is -2.41. The van der Waals surface area contributed by atoms with Crippen LogP contribution in [0.15, 0.2) is 36.7 Å². The molecular weight excluding hydrogens is 560 g/mol. The Morgan fingerprint density at radius 2 is 1.98 bits per heavy atom. The number of methoxy groups -OCH3 is 1. The van der Waals surface area contributed by atoms with Crippen molar-refractivity contribution in [3.63, 3.8) is 0 Å². The summed E-state index contributed by atoms with van der Waals surface area (Å²) in [5.74, 6) is 0.0284. The number of para-hydroxylation sites is 1. The summed E-state index contributed by atoms with van der Waals surface area (Å²) in [6, 6.07) is 7.22. The van der Waals surface area contributed by atoms with Gasteiger partial charge >= 0.3 is 14.1 Å². The monoisotopic (exact) mass is 594 g/mol. The van der Waals surface area contributed by atoms with Crippen LogP contribution in [0.4, 0.5) is 16.2 Å². The summed E-state index contributed by atoms with van der Waals surface area (Å²) in [6.45, 7) is 7.26. The Hall–Kier alpha value is -3.49. The number of hydrogen-bond donors (Lipinski definition) is 2. The SMILES string of the molecule is CCN(CC)c1nc(N)nc2c1ncn2[C@@H]1O[C@H](CO[P+](=O)N(Oc2ccccc2)C(C)C(=O)OC)[C@@H](O)[C@@]1(C)F. The predicted octanol–water partition coefficient (Wildman–Crippen LogP) is 2.77. The van der Waals surface area contributed by atoms with Gasteiger partial charge < -0.3 is 30.1 Å². The highest BCUT2D eigenvalue weighted by Gasteiger charge is 2.56.